The molecule has 2 atom stereocenters. The molecule has 1 aromatic rings. The molecule has 1 heterocycles. The lowest BCUT2D eigenvalue weighted by atomic mass is 9.92. The molecule has 3 rings (SSSR count). The first-order chi connectivity index (χ1) is 10.9. The summed E-state index contributed by atoms with van der Waals surface area (Å²) in [6.45, 7) is 0.307. The Hall–Kier alpha value is -2.05. The Balaban J connectivity index is 1.79. The van der Waals surface area contributed by atoms with Gasteiger partial charge in [-0.25, -0.2) is 13.2 Å². The number of aliphatic carboxylic acids is 1. The summed E-state index contributed by atoms with van der Waals surface area (Å²) in [5, 5.41) is 9.29. The number of carbonyl (C=O) groups is 2. The van der Waals surface area contributed by atoms with Crippen molar-refractivity contribution in [1.29, 1.82) is 0 Å². The fourth-order valence-electron chi connectivity index (χ4n) is 3.27. The first kappa shape index (κ1) is 15.8. The summed E-state index contributed by atoms with van der Waals surface area (Å²) in [7, 11) is 0. The fraction of sp³-hybridized carbons (Fsp3) is 0.500. The summed E-state index contributed by atoms with van der Waals surface area (Å²) in [5.74, 6) is -3.05. The van der Waals surface area contributed by atoms with Crippen molar-refractivity contribution in [2.75, 3.05) is 13.1 Å². The van der Waals surface area contributed by atoms with Gasteiger partial charge in [0.15, 0.2) is 0 Å². The lowest BCUT2D eigenvalue weighted by Crippen LogP contribution is -2.30. The quantitative estimate of drug-likeness (QED) is 0.925. The van der Waals surface area contributed by atoms with Gasteiger partial charge in [-0.2, -0.15) is 0 Å². The molecule has 4 nitrogen and oxygen atoms in total. The first-order valence-electron chi connectivity index (χ1n) is 7.48. The van der Waals surface area contributed by atoms with Gasteiger partial charge in [0, 0.05) is 18.7 Å². The van der Waals surface area contributed by atoms with Crippen LogP contribution in [0.5, 0.6) is 0 Å². The number of benzene rings is 1. The lowest BCUT2D eigenvalue weighted by molar-refractivity contribution is -0.142. The number of nitrogens with zero attached hydrogens (tertiary/aromatic N) is 1. The van der Waals surface area contributed by atoms with Crippen molar-refractivity contribution in [2.45, 2.75) is 19.3 Å². The van der Waals surface area contributed by atoms with Crippen molar-refractivity contribution < 1.29 is 27.9 Å². The van der Waals surface area contributed by atoms with Crippen molar-refractivity contribution in [2.24, 2.45) is 17.8 Å². The van der Waals surface area contributed by atoms with Crippen LogP contribution in [0.15, 0.2) is 18.2 Å². The molecule has 0 unspecified atom stereocenters. The normalized spacial score (nSPS) is 24.3. The van der Waals surface area contributed by atoms with Gasteiger partial charge in [0.1, 0.15) is 5.82 Å². The maximum absolute atomic E-state index is 13.9. The van der Waals surface area contributed by atoms with Gasteiger partial charge < -0.3 is 10.0 Å². The summed E-state index contributed by atoms with van der Waals surface area (Å²) >= 11 is 0. The lowest BCUT2D eigenvalue weighted by Gasteiger charge is -2.17. The van der Waals surface area contributed by atoms with Crippen molar-refractivity contribution in [3.05, 3.63) is 35.1 Å². The van der Waals surface area contributed by atoms with E-state index in [1.165, 1.54) is 4.90 Å². The highest BCUT2D eigenvalue weighted by Crippen LogP contribution is 2.44. The van der Waals surface area contributed by atoms with Gasteiger partial charge in [-0.05, 0) is 36.8 Å². The average molecular weight is 327 g/mol. The zero-order chi connectivity index (χ0) is 16.7. The number of halogens is 3. The average Bonchev–Trinajstić information content (AvgIpc) is 3.24. The second-order valence-electron chi connectivity index (χ2n) is 6.20. The predicted molar refractivity (Wildman–Crippen MR) is 74.6 cm³/mol. The summed E-state index contributed by atoms with van der Waals surface area (Å²) in [6.07, 6.45) is -0.905. The Morgan fingerprint density at radius 1 is 1.22 bits per heavy atom. The smallest absolute Gasteiger partial charge is 0.308 e. The van der Waals surface area contributed by atoms with Gasteiger partial charge in [0.05, 0.1) is 11.5 Å². The Morgan fingerprint density at radius 3 is 2.43 bits per heavy atom. The molecule has 124 valence electrons. The minimum atomic E-state index is -2.81. The van der Waals surface area contributed by atoms with E-state index in [1.807, 2.05) is 0 Å². The third-order valence-electron chi connectivity index (χ3n) is 4.67. The molecule has 1 saturated heterocycles. The van der Waals surface area contributed by atoms with E-state index in [0.29, 0.717) is 12.0 Å². The summed E-state index contributed by atoms with van der Waals surface area (Å²) < 4.78 is 39.0. The Morgan fingerprint density at radius 2 is 1.91 bits per heavy atom. The molecular weight excluding hydrogens is 311 g/mol. The van der Waals surface area contributed by atoms with Crippen LogP contribution in [0.3, 0.4) is 0 Å². The van der Waals surface area contributed by atoms with Gasteiger partial charge in [0.25, 0.3) is 12.3 Å². The highest BCUT2D eigenvalue weighted by molar-refractivity contribution is 5.95. The van der Waals surface area contributed by atoms with Crippen LogP contribution in [0.2, 0.25) is 0 Å². The zero-order valence-corrected chi connectivity index (χ0v) is 12.2. The van der Waals surface area contributed by atoms with Gasteiger partial charge in [-0.3, -0.25) is 9.59 Å². The van der Waals surface area contributed by atoms with Gasteiger partial charge >= 0.3 is 5.97 Å². The van der Waals surface area contributed by atoms with Crippen molar-refractivity contribution in [3.63, 3.8) is 0 Å². The molecule has 1 N–H and O–H groups in total. The van der Waals surface area contributed by atoms with Crippen molar-refractivity contribution >= 4 is 11.9 Å². The molecule has 7 heteroatoms. The van der Waals surface area contributed by atoms with Crippen molar-refractivity contribution in [1.82, 2.24) is 4.90 Å². The van der Waals surface area contributed by atoms with Gasteiger partial charge in [-0.15, -0.1) is 0 Å². The Labute approximate surface area is 130 Å². The Kier molecular flexibility index (Phi) is 4.04. The van der Waals surface area contributed by atoms with E-state index in [1.54, 1.807) is 0 Å². The standard InChI is InChI=1S/C16H16F3NO3/c17-13-5-9(14(18)19)3-4-10(13)15(21)20-6-11(8-1-2-8)12(7-20)16(22)23/h3-5,8,11-12,14H,1-2,6-7H2,(H,22,23)/t11-,12+/m0/s1. The number of alkyl halides is 2. The highest BCUT2D eigenvalue weighted by atomic mass is 19.3. The SMILES string of the molecule is O=C(O)[C@@H]1CN(C(=O)c2ccc(C(F)F)cc2F)C[C@H]1C1CC1. The number of hydrogen-bond acceptors (Lipinski definition) is 2. The van der Waals surface area contributed by atoms with E-state index in [-0.39, 0.29) is 24.6 Å². The third-order valence-corrected chi connectivity index (χ3v) is 4.67. The summed E-state index contributed by atoms with van der Waals surface area (Å²) in [5.41, 5.74) is -0.783. The van der Waals surface area contributed by atoms with Gasteiger partial charge in [-0.1, -0.05) is 6.07 Å². The van der Waals surface area contributed by atoms with Crippen LogP contribution in [0.4, 0.5) is 13.2 Å². The molecule has 0 spiro atoms. The largest absolute Gasteiger partial charge is 0.481 e. The van der Waals surface area contributed by atoms with Crippen LogP contribution in [-0.4, -0.2) is 35.0 Å². The summed E-state index contributed by atoms with van der Waals surface area (Å²) in [6, 6.07) is 2.71. The molecule has 0 aromatic heterocycles. The second-order valence-corrected chi connectivity index (χ2v) is 6.20. The highest BCUT2D eigenvalue weighted by Gasteiger charge is 2.47. The molecule has 2 aliphatic rings. The number of carbonyl (C=O) groups excluding carboxylic acids is 1. The topological polar surface area (TPSA) is 57.6 Å². The molecule has 23 heavy (non-hydrogen) atoms. The van der Waals surface area contributed by atoms with Crippen LogP contribution in [-0.2, 0) is 4.79 Å². The van der Waals surface area contributed by atoms with E-state index >= 15 is 0 Å². The molecule has 1 aromatic carbocycles. The number of likely N-dealkylation sites (tertiary alicyclic amines) is 1. The van der Waals surface area contributed by atoms with Crippen LogP contribution >= 0.6 is 0 Å². The van der Waals surface area contributed by atoms with Crippen LogP contribution < -0.4 is 0 Å². The van der Waals surface area contributed by atoms with Crippen LogP contribution in [0, 0.1) is 23.6 Å². The molecule has 0 bridgehead atoms. The molecule has 1 aliphatic carbocycles. The molecule has 1 saturated carbocycles. The minimum absolute atomic E-state index is 0.0331. The number of carboxylic acids is 1. The second kappa shape index (κ2) is 5.86. The van der Waals surface area contributed by atoms with E-state index in [2.05, 4.69) is 0 Å². The van der Waals surface area contributed by atoms with Crippen LogP contribution in [0.25, 0.3) is 0 Å². The first-order valence-corrected chi connectivity index (χ1v) is 7.48. The molecular formula is C16H16F3NO3. The van der Waals surface area contributed by atoms with E-state index in [4.69, 9.17) is 0 Å². The van der Waals surface area contributed by atoms with E-state index in [9.17, 15) is 27.9 Å². The van der Waals surface area contributed by atoms with Crippen molar-refractivity contribution in [3.8, 4) is 0 Å². The number of amides is 1. The predicted octanol–water partition coefficient (Wildman–Crippen LogP) is 2.95. The van der Waals surface area contributed by atoms with E-state index in [0.717, 1.165) is 25.0 Å². The zero-order valence-electron chi connectivity index (χ0n) is 12.2. The van der Waals surface area contributed by atoms with E-state index < -0.39 is 35.6 Å². The Bertz CT molecular complexity index is 645. The fourth-order valence-corrected chi connectivity index (χ4v) is 3.27. The molecule has 1 amide bonds. The monoisotopic (exact) mass is 327 g/mol. The number of carboxylic acid groups (broad SMARTS) is 1. The number of hydrogen-bond donors (Lipinski definition) is 1. The molecule has 1 aliphatic heterocycles. The maximum Gasteiger partial charge on any atom is 0.308 e. The van der Waals surface area contributed by atoms with Gasteiger partial charge in [0.2, 0.25) is 0 Å². The maximum atomic E-state index is 13.9. The van der Waals surface area contributed by atoms with Crippen LogP contribution in [0.1, 0.15) is 35.2 Å². The molecule has 2 fully saturated rings. The number of rotatable bonds is 4. The third kappa shape index (κ3) is 3.04. The minimum Gasteiger partial charge on any atom is -0.481 e. The summed E-state index contributed by atoms with van der Waals surface area (Å²) in [4.78, 5) is 25.1. The molecule has 0 radical (unpaired) electrons.